The number of aliphatic hydroxyl groups excluding tert-OH is 1. The van der Waals surface area contributed by atoms with Crippen molar-refractivity contribution in [3.05, 3.63) is 23.8 Å². The van der Waals surface area contributed by atoms with E-state index in [1.165, 1.54) is 17.0 Å². The molecule has 1 heterocycles. The van der Waals surface area contributed by atoms with Gasteiger partial charge in [-0.2, -0.15) is 13.2 Å². The number of hydrogen-bond donors (Lipinski definition) is 2. The number of halogens is 3. The predicted molar refractivity (Wildman–Crippen MR) is 77.0 cm³/mol. The summed E-state index contributed by atoms with van der Waals surface area (Å²) in [5, 5.41) is 11.7. The Morgan fingerprint density at radius 2 is 2.09 bits per heavy atom. The van der Waals surface area contributed by atoms with Crippen molar-refractivity contribution >= 4 is 17.4 Å². The van der Waals surface area contributed by atoms with Crippen LogP contribution >= 0.6 is 0 Å². The first-order chi connectivity index (χ1) is 10.2. The quantitative estimate of drug-likeness (QED) is 0.880. The highest BCUT2D eigenvalue weighted by atomic mass is 19.4. The molecule has 0 radical (unpaired) electrons. The zero-order valence-corrected chi connectivity index (χ0v) is 12.3. The number of nitrogens with zero attached hydrogens (tertiary/aromatic N) is 2. The van der Waals surface area contributed by atoms with E-state index in [9.17, 15) is 23.1 Å². The third-order valence-electron chi connectivity index (χ3n) is 3.52. The van der Waals surface area contributed by atoms with Crippen LogP contribution in [0.2, 0.25) is 0 Å². The number of hydrogen-bond acceptors (Lipinski definition) is 3. The molecule has 122 valence electrons. The van der Waals surface area contributed by atoms with Crippen molar-refractivity contribution in [2.24, 2.45) is 0 Å². The Labute approximate surface area is 126 Å². The van der Waals surface area contributed by atoms with Crippen molar-refractivity contribution in [3.8, 4) is 0 Å². The number of alkyl halides is 3. The van der Waals surface area contributed by atoms with E-state index in [2.05, 4.69) is 5.32 Å². The number of likely N-dealkylation sites (tertiary alicyclic amines) is 1. The minimum Gasteiger partial charge on any atom is -0.391 e. The zero-order chi connectivity index (χ0) is 16.5. The van der Waals surface area contributed by atoms with E-state index < -0.39 is 23.9 Å². The molecular formula is C14H18F3N3O2. The molecule has 5 nitrogen and oxygen atoms in total. The monoisotopic (exact) mass is 317 g/mol. The average molecular weight is 317 g/mol. The van der Waals surface area contributed by atoms with Crippen LogP contribution in [-0.4, -0.2) is 49.3 Å². The minimum absolute atomic E-state index is 0.128. The summed E-state index contributed by atoms with van der Waals surface area (Å²) in [6, 6.07) is 3.10. The van der Waals surface area contributed by atoms with Crippen LogP contribution in [0.15, 0.2) is 18.2 Å². The molecule has 1 aromatic rings. The van der Waals surface area contributed by atoms with Crippen molar-refractivity contribution in [1.82, 2.24) is 4.90 Å². The van der Waals surface area contributed by atoms with Crippen LogP contribution in [0.1, 0.15) is 12.0 Å². The van der Waals surface area contributed by atoms with Gasteiger partial charge in [-0.25, -0.2) is 4.79 Å². The molecule has 1 aliphatic rings. The lowest BCUT2D eigenvalue weighted by molar-refractivity contribution is -0.136. The number of urea groups is 1. The van der Waals surface area contributed by atoms with E-state index in [-0.39, 0.29) is 12.2 Å². The first-order valence-electron chi connectivity index (χ1n) is 6.81. The number of anilines is 2. The molecule has 8 heteroatoms. The van der Waals surface area contributed by atoms with E-state index in [1.54, 1.807) is 19.0 Å². The van der Waals surface area contributed by atoms with Crippen LogP contribution in [0.5, 0.6) is 0 Å². The Hall–Kier alpha value is -1.96. The first-order valence-corrected chi connectivity index (χ1v) is 6.81. The van der Waals surface area contributed by atoms with E-state index in [0.29, 0.717) is 18.7 Å². The smallest absolute Gasteiger partial charge is 0.391 e. The van der Waals surface area contributed by atoms with Gasteiger partial charge in [-0.3, -0.25) is 0 Å². The maximum atomic E-state index is 13.2. The standard InChI is InChI=1S/C14H18F3N3O2/c1-19(2)9-3-4-12(11(7-9)14(15,16)17)18-13(22)20-6-5-10(21)8-20/h3-4,7,10,21H,5-6,8H2,1-2H3,(H,18,22)/t10-/m0/s1. The molecule has 0 saturated carbocycles. The molecule has 2 N–H and O–H groups in total. The van der Waals surface area contributed by atoms with Gasteiger partial charge < -0.3 is 20.2 Å². The van der Waals surface area contributed by atoms with Crippen LogP contribution in [0.25, 0.3) is 0 Å². The average Bonchev–Trinajstić information content (AvgIpc) is 2.84. The number of aliphatic hydroxyl groups is 1. The molecule has 0 unspecified atom stereocenters. The van der Waals surface area contributed by atoms with Crippen LogP contribution in [-0.2, 0) is 6.18 Å². The minimum atomic E-state index is -4.57. The summed E-state index contributed by atoms with van der Waals surface area (Å²) in [7, 11) is 3.28. The van der Waals surface area contributed by atoms with Gasteiger partial charge in [0.2, 0.25) is 0 Å². The third kappa shape index (κ3) is 3.62. The number of rotatable bonds is 2. The van der Waals surface area contributed by atoms with Gasteiger partial charge in [0, 0.05) is 32.9 Å². The number of nitrogens with one attached hydrogen (secondary N) is 1. The molecule has 2 rings (SSSR count). The summed E-state index contributed by atoms with van der Waals surface area (Å²) in [5.41, 5.74) is -0.793. The lowest BCUT2D eigenvalue weighted by Crippen LogP contribution is -2.34. The van der Waals surface area contributed by atoms with Gasteiger partial charge in [-0.05, 0) is 24.6 Å². The van der Waals surface area contributed by atoms with Gasteiger partial charge in [0.1, 0.15) is 0 Å². The van der Waals surface area contributed by atoms with Crippen molar-refractivity contribution in [2.75, 3.05) is 37.4 Å². The van der Waals surface area contributed by atoms with Crippen LogP contribution in [0.4, 0.5) is 29.3 Å². The Balaban J connectivity index is 2.24. The number of benzene rings is 1. The van der Waals surface area contributed by atoms with Crippen LogP contribution in [0.3, 0.4) is 0 Å². The Kier molecular flexibility index (Phi) is 4.50. The van der Waals surface area contributed by atoms with Gasteiger partial charge in [-0.15, -0.1) is 0 Å². The van der Waals surface area contributed by atoms with Gasteiger partial charge in [-0.1, -0.05) is 0 Å². The Morgan fingerprint density at radius 1 is 1.41 bits per heavy atom. The largest absolute Gasteiger partial charge is 0.418 e. The zero-order valence-electron chi connectivity index (χ0n) is 12.3. The molecule has 2 amide bonds. The second-order valence-corrected chi connectivity index (χ2v) is 5.44. The highest BCUT2D eigenvalue weighted by molar-refractivity contribution is 5.91. The van der Waals surface area contributed by atoms with Gasteiger partial charge in [0.15, 0.2) is 0 Å². The third-order valence-corrected chi connectivity index (χ3v) is 3.52. The maximum absolute atomic E-state index is 13.2. The molecule has 0 bridgehead atoms. The molecular weight excluding hydrogens is 299 g/mol. The molecule has 0 aromatic heterocycles. The predicted octanol–water partition coefficient (Wildman–Crippen LogP) is 2.37. The molecule has 1 saturated heterocycles. The second-order valence-electron chi connectivity index (χ2n) is 5.44. The fourth-order valence-corrected chi connectivity index (χ4v) is 2.27. The van der Waals surface area contributed by atoms with Crippen molar-refractivity contribution in [3.63, 3.8) is 0 Å². The number of carbonyl (C=O) groups excluding carboxylic acids is 1. The van der Waals surface area contributed by atoms with Gasteiger partial charge >= 0.3 is 12.2 Å². The molecule has 1 atom stereocenters. The summed E-state index contributed by atoms with van der Waals surface area (Å²) in [5.74, 6) is 0. The molecule has 0 aliphatic carbocycles. The SMILES string of the molecule is CN(C)c1ccc(NC(=O)N2CC[C@H](O)C2)c(C(F)(F)F)c1. The lowest BCUT2D eigenvalue weighted by Gasteiger charge is -2.21. The van der Waals surface area contributed by atoms with Crippen molar-refractivity contribution in [1.29, 1.82) is 0 Å². The van der Waals surface area contributed by atoms with Crippen molar-refractivity contribution in [2.45, 2.75) is 18.7 Å². The van der Waals surface area contributed by atoms with E-state index in [4.69, 9.17) is 0 Å². The normalized spacial score (nSPS) is 18.5. The Morgan fingerprint density at radius 3 is 2.59 bits per heavy atom. The second kappa shape index (κ2) is 6.04. The summed E-state index contributed by atoms with van der Waals surface area (Å²) in [6.45, 7) is 0.451. The number of amides is 2. The maximum Gasteiger partial charge on any atom is 0.418 e. The van der Waals surface area contributed by atoms with Gasteiger partial charge in [0.05, 0.1) is 17.4 Å². The molecule has 1 fully saturated rings. The summed E-state index contributed by atoms with van der Waals surface area (Å²) < 4.78 is 39.5. The van der Waals surface area contributed by atoms with Crippen LogP contribution in [0, 0.1) is 0 Å². The van der Waals surface area contributed by atoms with Gasteiger partial charge in [0.25, 0.3) is 0 Å². The fraction of sp³-hybridized carbons (Fsp3) is 0.500. The molecule has 0 spiro atoms. The lowest BCUT2D eigenvalue weighted by atomic mass is 10.1. The summed E-state index contributed by atoms with van der Waals surface area (Å²) in [4.78, 5) is 14.8. The first kappa shape index (κ1) is 16.4. The topological polar surface area (TPSA) is 55.8 Å². The highest BCUT2D eigenvalue weighted by Crippen LogP contribution is 2.37. The van der Waals surface area contributed by atoms with E-state index >= 15 is 0 Å². The number of β-amino-alcohol motifs (C(OH)–C–C–N with tert-alkyl or cyclic N) is 1. The number of carbonyl (C=O) groups is 1. The molecule has 1 aliphatic heterocycles. The summed E-state index contributed by atoms with van der Waals surface area (Å²) >= 11 is 0. The fourth-order valence-electron chi connectivity index (χ4n) is 2.27. The molecule has 22 heavy (non-hydrogen) atoms. The van der Waals surface area contributed by atoms with E-state index in [1.807, 2.05) is 0 Å². The highest BCUT2D eigenvalue weighted by Gasteiger charge is 2.35. The Bertz CT molecular complexity index is 561. The van der Waals surface area contributed by atoms with E-state index in [0.717, 1.165) is 6.07 Å². The molecule has 1 aromatic carbocycles. The summed E-state index contributed by atoms with van der Waals surface area (Å²) in [6.07, 6.45) is -4.76. The van der Waals surface area contributed by atoms with Crippen LogP contribution < -0.4 is 10.2 Å². The van der Waals surface area contributed by atoms with Crippen molar-refractivity contribution < 1.29 is 23.1 Å².